The fourth-order valence-corrected chi connectivity index (χ4v) is 2.18. The molecule has 0 bridgehead atoms. The average Bonchev–Trinajstić information content (AvgIpc) is 2.46. The number of hydrogen-bond acceptors (Lipinski definition) is 4. The molecule has 1 aromatic rings. The normalized spacial score (nSPS) is 11.9. The highest BCUT2D eigenvalue weighted by atomic mass is 32.2. The van der Waals surface area contributed by atoms with Gasteiger partial charge in [0.25, 0.3) is 0 Å². The molecule has 0 aliphatic rings. The molecule has 0 saturated heterocycles. The van der Waals surface area contributed by atoms with E-state index in [1.807, 2.05) is 24.9 Å². The first-order valence-electron chi connectivity index (χ1n) is 5.27. The molecule has 0 aliphatic heterocycles. The number of aryl methyl sites for hydroxylation is 2. The lowest BCUT2D eigenvalue weighted by molar-refractivity contribution is 0.574. The number of nitrogens with one attached hydrogen (secondary N) is 1. The maximum Gasteiger partial charge on any atom is 0.147 e. The van der Waals surface area contributed by atoms with Crippen molar-refractivity contribution < 1.29 is 8.42 Å². The minimum Gasteiger partial charge on any atom is -0.316 e. The van der Waals surface area contributed by atoms with Crippen molar-refractivity contribution >= 4 is 9.84 Å². The Balaban J connectivity index is 2.52. The zero-order valence-corrected chi connectivity index (χ0v) is 10.8. The van der Waals surface area contributed by atoms with E-state index < -0.39 is 9.84 Å². The van der Waals surface area contributed by atoms with Crippen molar-refractivity contribution in [1.29, 1.82) is 0 Å². The molecule has 1 aromatic heterocycles. The number of hydrogen-bond donors (Lipinski definition) is 1. The predicted octanol–water partition coefficient (Wildman–Crippen LogP) is 0.346. The Bertz CT molecular complexity index is 437. The molecule has 92 valence electrons. The molecule has 0 radical (unpaired) electrons. The Morgan fingerprint density at radius 3 is 2.75 bits per heavy atom. The summed E-state index contributed by atoms with van der Waals surface area (Å²) >= 11 is 0. The Labute approximate surface area is 96.8 Å². The summed E-state index contributed by atoms with van der Waals surface area (Å²) in [6.45, 7) is 3.40. The summed E-state index contributed by atoms with van der Waals surface area (Å²) < 4.78 is 23.7. The molecule has 0 fully saturated rings. The van der Waals surface area contributed by atoms with Crippen LogP contribution in [0.1, 0.15) is 17.7 Å². The van der Waals surface area contributed by atoms with E-state index in [-0.39, 0.29) is 5.75 Å². The SMILES string of the molecule is CNCc1cn(CCCS(C)(=O)=O)nc1C. The Kier molecular flexibility index (Phi) is 4.49. The Hall–Kier alpha value is -0.880. The standard InChI is InChI=1S/C10H19N3O2S/c1-9-10(7-11-2)8-13(12-9)5-4-6-16(3,14)15/h8,11H,4-7H2,1-3H3. The van der Waals surface area contributed by atoms with Gasteiger partial charge in [-0.1, -0.05) is 0 Å². The number of sulfone groups is 1. The summed E-state index contributed by atoms with van der Waals surface area (Å²) in [6.07, 6.45) is 3.83. The third-order valence-electron chi connectivity index (χ3n) is 2.32. The van der Waals surface area contributed by atoms with E-state index >= 15 is 0 Å². The van der Waals surface area contributed by atoms with E-state index in [1.54, 1.807) is 0 Å². The molecule has 0 unspecified atom stereocenters. The van der Waals surface area contributed by atoms with E-state index in [9.17, 15) is 8.42 Å². The van der Waals surface area contributed by atoms with Crippen molar-refractivity contribution in [2.45, 2.75) is 26.4 Å². The van der Waals surface area contributed by atoms with Crippen molar-refractivity contribution in [1.82, 2.24) is 15.1 Å². The topological polar surface area (TPSA) is 64.0 Å². The first-order valence-corrected chi connectivity index (χ1v) is 7.33. The van der Waals surface area contributed by atoms with Crippen molar-refractivity contribution in [3.05, 3.63) is 17.5 Å². The molecule has 1 N–H and O–H groups in total. The monoisotopic (exact) mass is 245 g/mol. The minimum absolute atomic E-state index is 0.216. The molecule has 16 heavy (non-hydrogen) atoms. The Morgan fingerprint density at radius 2 is 2.19 bits per heavy atom. The van der Waals surface area contributed by atoms with Gasteiger partial charge in [-0.25, -0.2) is 8.42 Å². The van der Waals surface area contributed by atoms with Gasteiger partial charge in [-0.3, -0.25) is 4.68 Å². The third kappa shape index (κ3) is 4.32. The van der Waals surface area contributed by atoms with Crippen LogP contribution in [0.4, 0.5) is 0 Å². The van der Waals surface area contributed by atoms with Crippen LogP contribution < -0.4 is 5.32 Å². The second-order valence-electron chi connectivity index (χ2n) is 4.02. The lowest BCUT2D eigenvalue weighted by atomic mass is 10.3. The van der Waals surface area contributed by atoms with Gasteiger partial charge < -0.3 is 5.32 Å². The van der Waals surface area contributed by atoms with Gasteiger partial charge in [0.2, 0.25) is 0 Å². The summed E-state index contributed by atoms with van der Waals surface area (Å²) in [7, 11) is -0.972. The van der Waals surface area contributed by atoms with Gasteiger partial charge in [0.05, 0.1) is 11.4 Å². The van der Waals surface area contributed by atoms with E-state index in [0.717, 1.165) is 17.8 Å². The van der Waals surface area contributed by atoms with Gasteiger partial charge in [0, 0.05) is 31.1 Å². The van der Waals surface area contributed by atoms with Crippen molar-refractivity contribution in [3.8, 4) is 0 Å². The predicted molar refractivity (Wildman–Crippen MR) is 64.1 cm³/mol. The van der Waals surface area contributed by atoms with Gasteiger partial charge in [-0.2, -0.15) is 5.10 Å². The lowest BCUT2D eigenvalue weighted by Crippen LogP contribution is -2.08. The van der Waals surface area contributed by atoms with E-state index in [4.69, 9.17) is 0 Å². The molecular formula is C10H19N3O2S. The first-order chi connectivity index (χ1) is 7.42. The highest BCUT2D eigenvalue weighted by Crippen LogP contribution is 2.05. The molecule has 0 atom stereocenters. The zero-order valence-electron chi connectivity index (χ0n) is 10.0. The number of nitrogens with zero attached hydrogens (tertiary/aromatic N) is 2. The minimum atomic E-state index is -2.86. The van der Waals surface area contributed by atoms with Crippen LogP contribution in [0.25, 0.3) is 0 Å². The average molecular weight is 245 g/mol. The maximum absolute atomic E-state index is 11.0. The third-order valence-corrected chi connectivity index (χ3v) is 3.35. The first kappa shape index (κ1) is 13.2. The van der Waals surface area contributed by atoms with Crippen molar-refractivity contribution in [2.75, 3.05) is 19.1 Å². The summed E-state index contributed by atoms with van der Waals surface area (Å²) in [5.74, 6) is 0.216. The fourth-order valence-electron chi connectivity index (χ4n) is 1.53. The molecular weight excluding hydrogens is 226 g/mol. The molecule has 0 amide bonds. The molecule has 0 saturated carbocycles. The van der Waals surface area contributed by atoms with Crippen LogP contribution in [0.5, 0.6) is 0 Å². The quantitative estimate of drug-likeness (QED) is 0.785. The number of aromatic nitrogens is 2. The van der Waals surface area contributed by atoms with Crippen LogP contribution in [0.15, 0.2) is 6.20 Å². The summed E-state index contributed by atoms with van der Waals surface area (Å²) in [5, 5.41) is 7.40. The summed E-state index contributed by atoms with van der Waals surface area (Å²) in [6, 6.07) is 0. The van der Waals surface area contributed by atoms with Crippen LogP contribution in [0, 0.1) is 6.92 Å². The molecule has 0 aliphatic carbocycles. The molecule has 6 heteroatoms. The lowest BCUT2D eigenvalue weighted by Gasteiger charge is -2.00. The van der Waals surface area contributed by atoms with Gasteiger partial charge in [-0.05, 0) is 20.4 Å². The zero-order chi connectivity index (χ0) is 12.2. The highest BCUT2D eigenvalue weighted by molar-refractivity contribution is 7.90. The van der Waals surface area contributed by atoms with E-state index in [1.165, 1.54) is 6.26 Å². The van der Waals surface area contributed by atoms with Gasteiger partial charge in [0.1, 0.15) is 9.84 Å². The van der Waals surface area contributed by atoms with E-state index in [0.29, 0.717) is 13.0 Å². The molecule has 0 aromatic carbocycles. The van der Waals surface area contributed by atoms with E-state index in [2.05, 4.69) is 10.4 Å². The van der Waals surface area contributed by atoms with Crippen LogP contribution in [0.3, 0.4) is 0 Å². The molecule has 1 heterocycles. The smallest absolute Gasteiger partial charge is 0.147 e. The molecule has 5 nitrogen and oxygen atoms in total. The second-order valence-corrected chi connectivity index (χ2v) is 6.28. The van der Waals surface area contributed by atoms with Gasteiger partial charge in [0.15, 0.2) is 0 Å². The van der Waals surface area contributed by atoms with Crippen molar-refractivity contribution in [3.63, 3.8) is 0 Å². The second kappa shape index (κ2) is 5.45. The van der Waals surface area contributed by atoms with Gasteiger partial charge >= 0.3 is 0 Å². The molecule has 0 spiro atoms. The van der Waals surface area contributed by atoms with Crippen LogP contribution >= 0.6 is 0 Å². The number of rotatable bonds is 6. The van der Waals surface area contributed by atoms with Crippen molar-refractivity contribution in [2.24, 2.45) is 0 Å². The van der Waals surface area contributed by atoms with Crippen LogP contribution in [-0.4, -0.2) is 37.3 Å². The summed E-state index contributed by atoms with van der Waals surface area (Å²) in [4.78, 5) is 0. The maximum atomic E-state index is 11.0. The fraction of sp³-hybridized carbons (Fsp3) is 0.700. The molecule has 1 rings (SSSR count). The van der Waals surface area contributed by atoms with Crippen LogP contribution in [0.2, 0.25) is 0 Å². The summed E-state index contributed by atoms with van der Waals surface area (Å²) in [5.41, 5.74) is 2.15. The van der Waals surface area contributed by atoms with Gasteiger partial charge in [-0.15, -0.1) is 0 Å². The Morgan fingerprint density at radius 1 is 1.50 bits per heavy atom. The van der Waals surface area contributed by atoms with Crippen LogP contribution in [-0.2, 0) is 22.9 Å². The highest BCUT2D eigenvalue weighted by Gasteiger charge is 2.05. The largest absolute Gasteiger partial charge is 0.316 e.